The second-order valence-corrected chi connectivity index (χ2v) is 8.74. The summed E-state index contributed by atoms with van der Waals surface area (Å²) in [5, 5.41) is 29.5. The lowest BCUT2D eigenvalue weighted by molar-refractivity contribution is -0.137. The van der Waals surface area contributed by atoms with Crippen molar-refractivity contribution in [3.05, 3.63) is 47.5 Å². The third kappa shape index (κ3) is 7.44. The van der Waals surface area contributed by atoms with Gasteiger partial charge in [-0.05, 0) is 49.1 Å². The Morgan fingerprint density at radius 1 is 1.21 bits per heavy atom. The lowest BCUT2D eigenvalue weighted by Crippen LogP contribution is -2.18. The number of hydrogen-bond donors (Lipinski definition) is 3. The average Bonchev–Trinajstić information content (AvgIpc) is 2.97. The molecule has 1 saturated carbocycles. The molecule has 1 fully saturated rings. The molecule has 0 amide bonds. The van der Waals surface area contributed by atoms with E-state index in [1.807, 2.05) is 30.3 Å². The summed E-state index contributed by atoms with van der Waals surface area (Å²) in [6.45, 7) is 2.15. The van der Waals surface area contributed by atoms with Crippen molar-refractivity contribution in [2.75, 3.05) is 0 Å². The Hall–Kier alpha value is -1.36. The van der Waals surface area contributed by atoms with Crippen LogP contribution >= 0.6 is 11.6 Å². The zero-order chi connectivity index (χ0) is 21.2. The first-order valence-electron chi connectivity index (χ1n) is 10.9. The highest BCUT2D eigenvalue weighted by molar-refractivity contribution is 6.21. The van der Waals surface area contributed by atoms with Crippen molar-refractivity contribution in [1.29, 1.82) is 0 Å². The Morgan fingerprint density at radius 2 is 1.93 bits per heavy atom. The smallest absolute Gasteiger partial charge is 0.303 e. The minimum Gasteiger partial charge on any atom is -0.481 e. The minimum atomic E-state index is -0.767. The van der Waals surface area contributed by atoms with Gasteiger partial charge in [-0.25, -0.2) is 0 Å². The van der Waals surface area contributed by atoms with E-state index in [4.69, 9.17) is 16.7 Å². The average molecular weight is 423 g/mol. The molecule has 0 aromatic heterocycles. The summed E-state index contributed by atoms with van der Waals surface area (Å²) in [5.74, 6) is -0.646. The molecule has 1 aliphatic rings. The van der Waals surface area contributed by atoms with Crippen LogP contribution < -0.4 is 0 Å². The van der Waals surface area contributed by atoms with E-state index in [0.717, 1.165) is 49.7 Å². The number of unbranched alkanes of at least 4 members (excludes halogenated alkanes) is 3. The zero-order valence-electron chi connectivity index (χ0n) is 17.3. The first-order valence-corrected chi connectivity index (χ1v) is 11.3. The number of aliphatic carboxylic acids is 1. The minimum absolute atomic E-state index is 0.0209. The standard InChI is InChI=1S/C24H35ClO4/c1-2-3-6-10-21(26)17-12-14-18(15-13-17)24-19(20(25)16-22(24)27)9-7-4-5-8-11-23(28)29/h4,7,12-15,19-22,24,26-27H,2-3,5-6,8-11,16H2,1H3,(H,28,29)/b7-4-/t19?,20-,21?,22-,24-/m1/s1. The van der Waals surface area contributed by atoms with Crippen molar-refractivity contribution >= 4 is 17.6 Å². The van der Waals surface area contributed by atoms with Crippen LogP contribution in [0.15, 0.2) is 36.4 Å². The number of alkyl halides is 1. The van der Waals surface area contributed by atoms with Crippen LogP contribution in [0, 0.1) is 5.92 Å². The number of aliphatic hydroxyl groups excluding tert-OH is 2. The molecule has 5 heteroatoms. The number of allylic oxidation sites excluding steroid dienone is 2. The van der Waals surface area contributed by atoms with Crippen molar-refractivity contribution in [3.8, 4) is 0 Å². The Bertz CT molecular complexity index is 643. The molecule has 3 N–H and O–H groups in total. The van der Waals surface area contributed by atoms with Gasteiger partial charge in [-0.2, -0.15) is 0 Å². The van der Waals surface area contributed by atoms with Gasteiger partial charge in [0.2, 0.25) is 0 Å². The Kier molecular flexibility index (Phi) is 10.2. The molecule has 0 radical (unpaired) electrons. The number of carboxylic acid groups (broad SMARTS) is 1. The van der Waals surface area contributed by atoms with Crippen LogP contribution in [0.1, 0.15) is 87.9 Å². The molecule has 4 nitrogen and oxygen atoms in total. The predicted molar refractivity (Wildman–Crippen MR) is 117 cm³/mol. The summed E-state index contributed by atoms with van der Waals surface area (Å²) in [6, 6.07) is 7.98. The maximum absolute atomic E-state index is 10.6. The van der Waals surface area contributed by atoms with Gasteiger partial charge < -0.3 is 15.3 Å². The van der Waals surface area contributed by atoms with E-state index in [9.17, 15) is 15.0 Å². The summed E-state index contributed by atoms with van der Waals surface area (Å²) in [6.07, 6.45) is 10.2. The normalized spacial score (nSPS) is 25.5. The third-order valence-corrected chi connectivity index (χ3v) is 6.43. The second-order valence-electron chi connectivity index (χ2n) is 8.18. The lowest BCUT2D eigenvalue weighted by atomic mass is 9.84. The number of carbonyl (C=O) groups is 1. The number of carboxylic acids is 1. The zero-order valence-corrected chi connectivity index (χ0v) is 18.1. The molecule has 0 heterocycles. The van der Waals surface area contributed by atoms with Gasteiger partial charge in [0.15, 0.2) is 0 Å². The van der Waals surface area contributed by atoms with Gasteiger partial charge in [-0.3, -0.25) is 4.79 Å². The first-order chi connectivity index (χ1) is 13.9. The molecular formula is C24H35ClO4. The molecule has 2 rings (SSSR count). The maximum Gasteiger partial charge on any atom is 0.303 e. The van der Waals surface area contributed by atoms with Gasteiger partial charge in [-0.1, -0.05) is 62.6 Å². The largest absolute Gasteiger partial charge is 0.481 e. The molecule has 0 saturated heterocycles. The highest BCUT2D eigenvalue weighted by Gasteiger charge is 2.41. The van der Waals surface area contributed by atoms with E-state index in [2.05, 4.69) is 13.0 Å². The Labute approximate surface area is 179 Å². The fourth-order valence-corrected chi connectivity index (χ4v) is 4.71. The monoisotopic (exact) mass is 422 g/mol. The maximum atomic E-state index is 10.6. The predicted octanol–water partition coefficient (Wildman–Crippen LogP) is 5.57. The summed E-state index contributed by atoms with van der Waals surface area (Å²) >= 11 is 6.54. The van der Waals surface area contributed by atoms with E-state index in [0.29, 0.717) is 12.8 Å². The van der Waals surface area contributed by atoms with Crippen LogP contribution in [0.2, 0.25) is 0 Å². The van der Waals surface area contributed by atoms with E-state index < -0.39 is 18.2 Å². The molecule has 5 atom stereocenters. The summed E-state index contributed by atoms with van der Waals surface area (Å²) in [5.41, 5.74) is 1.99. The number of halogens is 1. The van der Waals surface area contributed by atoms with Gasteiger partial charge >= 0.3 is 5.97 Å². The molecule has 2 unspecified atom stereocenters. The summed E-state index contributed by atoms with van der Waals surface area (Å²) in [7, 11) is 0. The molecule has 0 spiro atoms. The second kappa shape index (κ2) is 12.4. The van der Waals surface area contributed by atoms with Gasteiger partial charge in [0.1, 0.15) is 0 Å². The topological polar surface area (TPSA) is 77.8 Å². The van der Waals surface area contributed by atoms with Gasteiger partial charge in [0, 0.05) is 17.7 Å². The molecule has 0 aliphatic heterocycles. The van der Waals surface area contributed by atoms with Crippen molar-refractivity contribution in [1.82, 2.24) is 0 Å². The van der Waals surface area contributed by atoms with Crippen molar-refractivity contribution < 1.29 is 20.1 Å². The number of benzene rings is 1. The summed E-state index contributed by atoms with van der Waals surface area (Å²) in [4.78, 5) is 10.6. The van der Waals surface area contributed by atoms with Crippen molar-refractivity contribution in [2.45, 2.75) is 88.2 Å². The van der Waals surface area contributed by atoms with E-state index in [1.54, 1.807) is 0 Å². The van der Waals surface area contributed by atoms with Crippen molar-refractivity contribution in [3.63, 3.8) is 0 Å². The molecule has 29 heavy (non-hydrogen) atoms. The number of hydrogen-bond acceptors (Lipinski definition) is 3. The van der Waals surface area contributed by atoms with Crippen LogP contribution in [-0.4, -0.2) is 32.8 Å². The Morgan fingerprint density at radius 3 is 2.59 bits per heavy atom. The lowest BCUT2D eigenvalue weighted by Gasteiger charge is -2.23. The summed E-state index contributed by atoms with van der Waals surface area (Å²) < 4.78 is 0. The fraction of sp³-hybridized carbons (Fsp3) is 0.625. The molecule has 1 aromatic rings. The van der Waals surface area contributed by atoms with E-state index in [1.165, 1.54) is 0 Å². The van der Waals surface area contributed by atoms with Gasteiger partial charge in [-0.15, -0.1) is 11.6 Å². The molecule has 1 aliphatic carbocycles. The van der Waals surface area contributed by atoms with Crippen LogP contribution in [0.4, 0.5) is 0 Å². The van der Waals surface area contributed by atoms with Crippen LogP contribution in [0.25, 0.3) is 0 Å². The van der Waals surface area contributed by atoms with E-state index >= 15 is 0 Å². The fourth-order valence-electron chi connectivity index (χ4n) is 4.26. The van der Waals surface area contributed by atoms with Crippen LogP contribution in [-0.2, 0) is 4.79 Å². The van der Waals surface area contributed by atoms with Crippen LogP contribution in [0.5, 0.6) is 0 Å². The molecular weight excluding hydrogens is 388 g/mol. The number of aliphatic hydroxyl groups is 2. The number of rotatable bonds is 12. The molecule has 162 valence electrons. The van der Waals surface area contributed by atoms with Crippen molar-refractivity contribution in [2.24, 2.45) is 5.92 Å². The van der Waals surface area contributed by atoms with Gasteiger partial charge in [0.25, 0.3) is 0 Å². The highest BCUT2D eigenvalue weighted by atomic mass is 35.5. The quantitative estimate of drug-likeness (QED) is 0.233. The highest BCUT2D eigenvalue weighted by Crippen LogP contribution is 2.45. The van der Waals surface area contributed by atoms with Crippen LogP contribution in [0.3, 0.4) is 0 Å². The van der Waals surface area contributed by atoms with Gasteiger partial charge in [0.05, 0.1) is 12.2 Å². The molecule has 1 aromatic carbocycles. The molecule has 0 bridgehead atoms. The third-order valence-electron chi connectivity index (χ3n) is 5.93. The SMILES string of the molecule is CCCCCC(O)c1ccc([C@@H]2C(C/C=C\CCCC(=O)O)[C@H](Cl)C[C@H]2O)cc1. The van der Waals surface area contributed by atoms with E-state index in [-0.39, 0.29) is 23.6 Å². The first kappa shape index (κ1) is 23.9. The Balaban J connectivity index is 1.96.